The van der Waals surface area contributed by atoms with Crippen LogP contribution in [0.5, 0.6) is 0 Å². The minimum absolute atomic E-state index is 0.0818. The molecule has 0 radical (unpaired) electrons. The van der Waals surface area contributed by atoms with Crippen LogP contribution in [0, 0.1) is 0 Å². The van der Waals surface area contributed by atoms with Gasteiger partial charge in [-0.05, 0) is 0 Å². The SMILES string of the molecule is O=C(O)CCn1cc(S(=O)(=O)N2CCSCC2)cn1. The third-order valence-corrected chi connectivity index (χ3v) is 5.57. The molecule has 0 bridgehead atoms. The van der Waals surface area contributed by atoms with E-state index in [9.17, 15) is 13.2 Å². The zero-order valence-corrected chi connectivity index (χ0v) is 11.9. The molecule has 1 aliphatic heterocycles. The second-order valence-electron chi connectivity index (χ2n) is 4.10. The smallest absolute Gasteiger partial charge is 0.305 e. The Hall–Kier alpha value is -1.06. The largest absolute Gasteiger partial charge is 0.481 e. The van der Waals surface area contributed by atoms with Crippen LogP contribution in [0.3, 0.4) is 0 Å². The Kier molecular flexibility index (Phi) is 4.48. The summed E-state index contributed by atoms with van der Waals surface area (Å²) < 4.78 is 27.4. The fraction of sp³-hybridized carbons (Fsp3) is 0.600. The van der Waals surface area contributed by atoms with Crippen molar-refractivity contribution in [3.63, 3.8) is 0 Å². The molecule has 1 aliphatic rings. The lowest BCUT2D eigenvalue weighted by molar-refractivity contribution is -0.137. The summed E-state index contributed by atoms with van der Waals surface area (Å²) in [5.41, 5.74) is 0. The fourth-order valence-corrected chi connectivity index (χ4v) is 4.28. The molecule has 2 rings (SSSR count). The molecule has 2 heterocycles. The van der Waals surface area contributed by atoms with Gasteiger partial charge in [0.25, 0.3) is 0 Å². The number of carboxylic acid groups (broad SMARTS) is 1. The van der Waals surface area contributed by atoms with E-state index in [2.05, 4.69) is 5.10 Å². The molecule has 0 aromatic carbocycles. The second kappa shape index (κ2) is 5.93. The molecule has 1 fully saturated rings. The lowest BCUT2D eigenvalue weighted by atomic mass is 10.4. The molecule has 1 saturated heterocycles. The Bertz CT molecular complexity index is 549. The van der Waals surface area contributed by atoms with Crippen LogP contribution < -0.4 is 0 Å². The number of aliphatic carboxylic acids is 1. The van der Waals surface area contributed by atoms with Crippen molar-refractivity contribution in [1.29, 1.82) is 0 Å². The molecule has 0 saturated carbocycles. The predicted molar refractivity (Wildman–Crippen MR) is 70.6 cm³/mol. The van der Waals surface area contributed by atoms with Crippen molar-refractivity contribution in [2.24, 2.45) is 0 Å². The summed E-state index contributed by atoms with van der Waals surface area (Å²) in [6, 6.07) is 0. The third-order valence-electron chi connectivity index (χ3n) is 2.77. The van der Waals surface area contributed by atoms with E-state index in [-0.39, 0.29) is 17.9 Å². The van der Waals surface area contributed by atoms with Crippen LogP contribution in [0.1, 0.15) is 6.42 Å². The van der Waals surface area contributed by atoms with E-state index < -0.39 is 16.0 Å². The van der Waals surface area contributed by atoms with Gasteiger partial charge >= 0.3 is 5.97 Å². The van der Waals surface area contributed by atoms with Gasteiger partial charge in [-0.15, -0.1) is 0 Å². The molecule has 7 nitrogen and oxygen atoms in total. The molecule has 0 atom stereocenters. The van der Waals surface area contributed by atoms with Crippen LogP contribution in [-0.2, 0) is 21.4 Å². The first-order valence-electron chi connectivity index (χ1n) is 5.82. The van der Waals surface area contributed by atoms with Crippen molar-refractivity contribution < 1.29 is 18.3 Å². The van der Waals surface area contributed by atoms with Crippen LogP contribution >= 0.6 is 11.8 Å². The highest BCUT2D eigenvalue weighted by atomic mass is 32.2. The highest BCUT2D eigenvalue weighted by Gasteiger charge is 2.27. The van der Waals surface area contributed by atoms with Gasteiger partial charge in [-0.25, -0.2) is 8.42 Å². The van der Waals surface area contributed by atoms with Gasteiger partial charge in [-0.2, -0.15) is 21.2 Å². The number of sulfonamides is 1. The third kappa shape index (κ3) is 3.48. The summed E-state index contributed by atoms with van der Waals surface area (Å²) in [4.78, 5) is 10.6. The van der Waals surface area contributed by atoms with Crippen molar-refractivity contribution in [2.75, 3.05) is 24.6 Å². The number of aryl methyl sites for hydroxylation is 1. The quantitative estimate of drug-likeness (QED) is 0.829. The number of hydrogen-bond acceptors (Lipinski definition) is 5. The molecule has 0 amide bonds. The monoisotopic (exact) mass is 305 g/mol. The van der Waals surface area contributed by atoms with Gasteiger partial charge in [0.2, 0.25) is 10.0 Å². The molecule has 1 aromatic rings. The number of hydrogen-bond donors (Lipinski definition) is 1. The molecule has 19 heavy (non-hydrogen) atoms. The van der Waals surface area contributed by atoms with Gasteiger partial charge in [-0.3, -0.25) is 9.48 Å². The summed E-state index contributed by atoms with van der Waals surface area (Å²) in [6.45, 7) is 1.18. The normalized spacial score (nSPS) is 17.5. The van der Waals surface area contributed by atoms with Crippen LogP contribution in [0.2, 0.25) is 0 Å². The Morgan fingerprint density at radius 1 is 1.42 bits per heavy atom. The van der Waals surface area contributed by atoms with E-state index in [0.29, 0.717) is 13.1 Å². The first-order valence-corrected chi connectivity index (χ1v) is 8.42. The van der Waals surface area contributed by atoms with E-state index >= 15 is 0 Å². The van der Waals surface area contributed by atoms with E-state index in [0.717, 1.165) is 11.5 Å². The van der Waals surface area contributed by atoms with E-state index in [1.807, 2.05) is 0 Å². The molecular formula is C10H15N3O4S2. The fourth-order valence-electron chi connectivity index (χ4n) is 1.75. The maximum Gasteiger partial charge on any atom is 0.305 e. The first kappa shape index (κ1) is 14.4. The maximum absolute atomic E-state index is 12.3. The highest BCUT2D eigenvalue weighted by Crippen LogP contribution is 2.19. The predicted octanol–water partition coefficient (Wildman–Crippen LogP) is 0.0953. The van der Waals surface area contributed by atoms with Gasteiger partial charge in [0, 0.05) is 30.8 Å². The number of carbonyl (C=O) groups is 1. The minimum Gasteiger partial charge on any atom is -0.481 e. The maximum atomic E-state index is 12.3. The topological polar surface area (TPSA) is 92.5 Å². The van der Waals surface area contributed by atoms with Crippen molar-refractivity contribution >= 4 is 27.8 Å². The van der Waals surface area contributed by atoms with Gasteiger partial charge in [0.15, 0.2) is 0 Å². The van der Waals surface area contributed by atoms with Gasteiger partial charge in [0.05, 0.1) is 19.2 Å². The lowest BCUT2D eigenvalue weighted by Crippen LogP contribution is -2.37. The molecule has 0 unspecified atom stereocenters. The summed E-state index contributed by atoms with van der Waals surface area (Å²) in [7, 11) is -3.49. The molecule has 1 aromatic heterocycles. The number of aromatic nitrogens is 2. The van der Waals surface area contributed by atoms with Crippen molar-refractivity contribution in [3.8, 4) is 0 Å². The average molecular weight is 305 g/mol. The summed E-state index contributed by atoms with van der Waals surface area (Å²) in [5, 5.41) is 12.5. The number of nitrogens with zero attached hydrogens (tertiary/aromatic N) is 3. The molecule has 0 spiro atoms. The zero-order valence-electron chi connectivity index (χ0n) is 10.2. The van der Waals surface area contributed by atoms with Crippen LogP contribution in [0.15, 0.2) is 17.3 Å². The Labute approximate surface area is 115 Å². The summed E-state index contributed by atoms with van der Waals surface area (Å²) >= 11 is 1.73. The Morgan fingerprint density at radius 2 is 2.11 bits per heavy atom. The van der Waals surface area contributed by atoms with E-state index in [1.165, 1.54) is 21.4 Å². The van der Waals surface area contributed by atoms with E-state index in [4.69, 9.17) is 5.11 Å². The van der Waals surface area contributed by atoms with Crippen LogP contribution in [0.25, 0.3) is 0 Å². The van der Waals surface area contributed by atoms with Crippen molar-refractivity contribution in [3.05, 3.63) is 12.4 Å². The van der Waals surface area contributed by atoms with Crippen LogP contribution in [-0.4, -0.2) is 58.2 Å². The molecular weight excluding hydrogens is 290 g/mol. The summed E-state index contributed by atoms with van der Waals surface area (Å²) in [6.07, 6.45) is 2.58. The van der Waals surface area contributed by atoms with E-state index in [1.54, 1.807) is 11.8 Å². The molecule has 1 N–H and O–H groups in total. The molecule has 9 heteroatoms. The van der Waals surface area contributed by atoms with Gasteiger partial charge in [0.1, 0.15) is 4.90 Å². The zero-order chi connectivity index (χ0) is 13.9. The van der Waals surface area contributed by atoms with Gasteiger partial charge in [-0.1, -0.05) is 0 Å². The molecule has 106 valence electrons. The number of rotatable bonds is 5. The standard InChI is InChI=1S/C10H15N3O4S2/c14-10(15)1-2-12-8-9(7-11-12)19(16,17)13-3-5-18-6-4-13/h7-8H,1-6H2,(H,14,15). The first-order chi connectivity index (χ1) is 9.00. The average Bonchev–Trinajstić information content (AvgIpc) is 2.87. The lowest BCUT2D eigenvalue weighted by Gasteiger charge is -2.24. The highest BCUT2D eigenvalue weighted by molar-refractivity contribution is 7.99. The Morgan fingerprint density at radius 3 is 2.74 bits per heavy atom. The Balaban J connectivity index is 2.10. The summed E-state index contributed by atoms with van der Waals surface area (Å²) in [5.74, 6) is 0.659. The minimum atomic E-state index is -3.49. The molecule has 0 aliphatic carbocycles. The van der Waals surface area contributed by atoms with Crippen LogP contribution in [0.4, 0.5) is 0 Å². The number of carboxylic acids is 1. The van der Waals surface area contributed by atoms with Gasteiger partial charge < -0.3 is 5.11 Å². The van der Waals surface area contributed by atoms with Crippen molar-refractivity contribution in [1.82, 2.24) is 14.1 Å². The second-order valence-corrected chi connectivity index (χ2v) is 7.26. The number of thioether (sulfide) groups is 1. The van der Waals surface area contributed by atoms with Crippen molar-refractivity contribution in [2.45, 2.75) is 17.9 Å².